The molecule has 0 spiro atoms. The van der Waals surface area contributed by atoms with Crippen LogP contribution in [0.3, 0.4) is 0 Å². The smallest absolute Gasteiger partial charge is 0.259 e. The number of carbonyl (C=O) groups excluding carboxylic acids is 1. The Labute approximate surface area is 219 Å². The van der Waals surface area contributed by atoms with Gasteiger partial charge in [-0.3, -0.25) is 9.48 Å². The predicted octanol–water partition coefficient (Wildman–Crippen LogP) is 3.10. The van der Waals surface area contributed by atoms with Gasteiger partial charge in [0.25, 0.3) is 5.91 Å². The average Bonchev–Trinajstić information content (AvgIpc) is 3.62. The first-order valence-corrected chi connectivity index (χ1v) is 12.2. The number of amides is 1. The number of nitrogen functional groups attached to an aromatic ring is 1. The minimum absolute atomic E-state index is 0.139. The van der Waals surface area contributed by atoms with Crippen LogP contribution in [-0.4, -0.2) is 42.0 Å². The Morgan fingerprint density at radius 3 is 2.68 bits per heavy atom. The summed E-state index contributed by atoms with van der Waals surface area (Å²) < 4.78 is 5.44. The number of hydrogen-bond acceptors (Lipinski definition) is 5. The van der Waals surface area contributed by atoms with E-state index in [0.717, 1.165) is 28.2 Å². The normalized spacial score (nSPS) is 13.2. The summed E-state index contributed by atoms with van der Waals surface area (Å²) >= 11 is 0. The van der Waals surface area contributed by atoms with Gasteiger partial charge in [0.2, 0.25) is 11.4 Å². The number of nitrogens with one attached hydrogen (secondary N) is 1. The fourth-order valence-electron chi connectivity index (χ4n) is 4.82. The monoisotopic (exact) mass is 501 g/mol. The summed E-state index contributed by atoms with van der Waals surface area (Å²) in [6.45, 7) is 1.98. The molecule has 1 amide bonds. The Hall–Kier alpha value is -5.23. The Bertz CT molecular complexity index is 1790. The van der Waals surface area contributed by atoms with Gasteiger partial charge in [-0.2, -0.15) is 9.67 Å². The maximum Gasteiger partial charge on any atom is 0.259 e. The minimum Gasteiger partial charge on any atom is -0.381 e. The third-order valence-electron chi connectivity index (χ3n) is 6.55. The van der Waals surface area contributed by atoms with Crippen molar-refractivity contribution in [1.82, 2.24) is 34.3 Å². The molecule has 6 rings (SSSR count). The molecule has 2 aromatic carbocycles. The van der Waals surface area contributed by atoms with Crippen molar-refractivity contribution in [1.29, 1.82) is 0 Å². The van der Waals surface area contributed by atoms with E-state index in [2.05, 4.69) is 55.1 Å². The summed E-state index contributed by atoms with van der Waals surface area (Å²) in [4.78, 5) is 17.7. The zero-order chi connectivity index (χ0) is 26.2. The van der Waals surface area contributed by atoms with Gasteiger partial charge in [0.05, 0.1) is 12.0 Å². The lowest BCUT2D eigenvalue weighted by Crippen LogP contribution is -2.41. The number of fused-ring (bicyclic) bond motifs is 2. The molecule has 1 aliphatic rings. The van der Waals surface area contributed by atoms with E-state index in [0.29, 0.717) is 17.8 Å². The molecular formula is C29H25N8O+. The van der Waals surface area contributed by atoms with Crippen molar-refractivity contribution in [3.63, 3.8) is 0 Å². The van der Waals surface area contributed by atoms with E-state index in [9.17, 15) is 4.79 Å². The highest BCUT2D eigenvalue weighted by Gasteiger charge is 2.37. The molecule has 0 saturated heterocycles. The second-order valence-corrected chi connectivity index (χ2v) is 9.12. The number of anilines is 1. The topological polar surface area (TPSA) is 106 Å². The fraction of sp³-hybridized carbons (Fsp3) is 0.138. The van der Waals surface area contributed by atoms with E-state index in [1.54, 1.807) is 23.1 Å². The predicted molar refractivity (Wildman–Crippen MR) is 147 cm³/mol. The maximum absolute atomic E-state index is 13.4. The van der Waals surface area contributed by atoms with Crippen molar-refractivity contribution in [3.8, 4) is 11.8 Å². The number of rotatable bonds is 4. The van der Waals surface area contributed by atoms with Gasteiger partial charge in [-0.15, -0.1) is 5.10 Å². The van der Waals surface area contributed by atoms with Gasteiger partial charge < -0.3 is 11.1 Å². The molecule has 4 heterocycles. The van der Waals surface area contributed by atoms with Gasteiger partial charge in [0, 0.05) is 43.3 Å². The van der Waals surface area contributed by atoms with Crippen LogP contribution in [-0.2, 0) is 13.5 Å². The van der Waals surface area contributed by atoms with Crippen LogP contribution in [0.4, 0.5) is 17.2 Å². The fourth-order valence-corrected chi connectivity index (χ4v) is 4.82. The molecule has 0 fully saturated rings. The number of nitrogens with two attached hydrogens (primary N) is 1. The van der Waals surface area contributed by atoms with Crippen LogP contribution in [0.25, 0.3) is 5.65 Å². The zero-order valence-corrected chi connectivity index (χ0v) is 21.0. The molecule has 9 heteroatoms. The first-order valence-electron chi connectivity index (χ1n) is 12.2. The standard InChI is InChI=1S/C29H24N8O/c1-19(32-29(38)25-27(30)34-36-16-7-15-31-28(25)36)24-18-21-9-6-8-20(12-13-22-14-17-35(2)33-22)26(21)37(24)23-10-4-3-5-11-23/h3-11,14-17,19H,18H2,1-2H3,(H2-,30,32,34,38)/p+1/t19-/m0/s1. The molecular weight excluding hydrogens is 476 g/mol. The Morgan fingerprint density at radius 1 is 1.05 bits per heavy atom. The van der Waals surface area contributed by atoms with Crippen molar-refractivity contribution >= 4 is 34.5 Å². The number of hydrogen-bond donors (Lipinski definition) is 2. The Balaban J connectivity index is 1.41. The Morgan fingerprint density at radius 2 is 1.89 bits per heavy atom. The van der Waals surface area contributed by atoms with E-state index >= 15 is 0 Å². The number of aromatic nitrogens is 5. The molecule has 3 aromatic heterocycles. The average molecular weight is 502 g/mol. The second kappa shape index (κ2) is 9.33. The molecule has 186 valence electrons. The van der Waals surface area contributed by atoms with E-state index in [-0.39, 0.29) is 23.3 Å². The van der Waals surface area contributed by atoms with Gasteiger partial charge in [0.1, 0.15) is 17.3 Å². The first kappa shape index (κ1) is 23.2. The molecule has 1 aliphatic heterocycles. The molecule has 0 saturated carbocycles. The van der Waals surface area contributed by atoms with Crippen molar-refractivity contribution in [2.45, 2.75) is 19.4 Å². The molecule has 5 aromatic rings. The van der Waals surface area contributed by atoms with Crippen LogP contribution in [0.1, 0.15) is 34.1 Å². The van der Waals surface area contributed by atoms with E-state index in [1.165, 1.54) is 4.52 Å². The van der Waals surface area contributed by atoms with Gasteiger partial charge >= 0.3 is 0 Å². The number of nitrogens with zero attached hydrogens (tertiary/aromatic N) is 6. The van der Waals surface area contributed by atoms with Gasteiger partial charge in [0.15, 0.2) is 17.2 Å². The molecule has 1 atom stereocenters. The molecule has 38 heavy (non-hydrogen) atoms. The Kier molecular flexibility index (Phi) is 5.69. The third kappa shape index (κ3) is 4.08. The second-order valence-electron chi connectivity index (χ2n) is 9.12. The number of aryl methyl sites for hydroxylation is 1. The van der Waals surface area contributed by atoms with Crippen molar-refractivity contribution < 1.29 is 4.79 Å². The summed E-state index contributed by atoms with van der Waals surface area (Å²) in [5.41, 5.74) is 12.5. The lowest BCUT2D eigenvalue weighted by atomic mass is 10.0. The van der Waals surface area contributed by atoms with E-state index in [4.69, 9.17) is 5.73 Å². The van der Waals surface area contributed by atoms with Crippen LogP contribution in [0.5, 0.6) is 0 Å². The molecule has 9 nitrogen and oxygen atoms in total. The van der Waals surface area contributed by atoms with Crippen LogP contribution in [0.15, 0.2) is 79.3 Å². The van der Waals surface area contributed by atoms with Crippen LogP contribution >= 0.6 is 0 Å². The minimum atomic E-state index is -0.324. The van der Waals surface area contributed by atoms with Crippen LogP contribution < -0.4 is 15.6 Å². The summed E-state index contributed by atoms with van der Waals surface area (Å²) in [5, 5.41) is 11.7. The number of para-hydroxylation sites is 2. The molecule has 0 unspecified atom stereocenters. The third-order valence-corrected chi connectivity index (χ3v) is 6.55. The van der Waals surface area contributed by atoms with Gasteiger partial charge in [-0.1, -0.05) is 36.3 Å². The number of carbonyl (C=O) groups is 1. The van der Waals surface area contributed by atoms with Crippen molar-refractivity contribution in [3.05, 3.63) is 102 Å². The zero-order valence-electron chi connectivity index (χ0n) is 21.0. The molecule has 0 radical (unpaired) electrons. The lowest BCUT2D eigenvalue weighted by molar-refractivity contribution is 0.0951. The summed E-state index contributed by atoms with van der Waals surface area (Å²) in [6.07, 6.45) is 5.86. The molecule has 3 N–H and O–H groups in total. The lowest BCUT2D eigenvalue weighted by Gasteiger charge is -2.13. The first-order chi connectivity index (χ1) is 18.5. The van der Waals surface area contributed by atoms with E-state index in [1.807, 2.05) is 56.6 Å². The summed E-state index contributed by atoms with van der Waals surface area (Å²) in [6, 6.07) is 19.5. The quantitative estimate of drug-likeness (QED) is 0.291. The highest BCUT2D eigenvalue weighted by molar-refractivity contribution is 6.08. The summed E-state index contributed by atoms with van der Waals surface area (Å²) in [5.74, 6) is 6.32. The molecule has 0 aliphatic carbocycles. The van der Waals surface area contributed by atoms with Crippen molar-refractivity contribution in [2.24, 2.45) is 7.05 Å². The largest absolute Gasteiger partial charge is 0.381 e. The number of benzene rings is 2. The maximum atomic E-state index is 13.4. The van der Waals surface area contributed by atoms with E-state index < -0.39 is 0 Å². The van der Waals surface area contributed by atoms with Crippen molar-refractivity contribution in [2.75, 3.05) is 5.73 Å². The molecule has 0 bridgehead atoms. The summed E-state index contributed by atoms with van der Waals surface area (Å²) in [7, 11) is 1.87. The van der Waals surface area contributed by atoms with Gasteiger partial charge in [-0.05, 0) is 31.0 Å². The van der Waals surface area contributed by atoms with Gasteiger partial charge in [-0.25, -0.2) is 9.50 Å². The highest BCUT2D eigenvalue weighted by atomic mass is 16.1. The van der Waals surface area contributed by atoms with Crippen LogP contribution in [0.2, 0.25) is 0 Å². The SMILES string of the molecule is C[C@H](NC(=O)c1c(N)nn2cccnc12)C1=[N+](c2ccccc2)c2c(C#Cc3ccn(C)n3)cccc2C1. The van der Waals surface area contributed by atoms with Crippen LogP contribution in [0, 0.1) is 11.8 Å². The highest BCUT2D eigenvalue weighted by Crippen LogP contribution is 2.34.